The van der Waals surface area contributed by atoms with E-state index in [0.29, 0.717) is 17.1 Å². The summed E-state index contributed by atoms with van der Waals surface area (Å²) >= 11 is 0. The summed E-state index contributed by atoms with van der Waals surface area (Å²) < 4.78 is 32.9. The van der Waals surface area contributed by atoms with Crippen LogP contribution >= 0.6 is 0 Å². The van der Waals surface area contributed by atoms with Crippen molar-refractivity contribution in [1.29, 1.82) is 0 Å². The number of sulfonamides is 1. The van der Waals surface area contributed by atoms with Crippen LogP contribution in [-0.4, -0.2) is 27.1 Å². The van der Waals surface area contributed by atoms with Crippen LogP contribution in [0.3, 0.4) is 0 Å². The third-order valence-corrected chi connectivity index (χ3v) is 5.64. The maximum atomic E-state index is 12.7. The summed E-state index contributed by atoms with van der Waals surface area (Å²) in [6, 6.07) is 21.6. The first-order chi connectivity index (χ1) is 14.4. The van der Waals surface area contributed by atoms with Gasteiger partial charge < -0.3 is 4.74 Å². The number of carbonyl (C=O) groups excluding carboxylic acids is 1. The number of ether oxygens (including phenoxy) is 1. The summed E-state index contributed by atoms with van der Waals surface area (Å²) in [6.45, 7) is 1.77. The maximum Gasteiger partial charge on any atom is 0.271 e. The second-order valence-corrected chi connectivity index (χ2v) is 8.05. The fourth-order valence-corrected chi connectivity index (χ4v) is 3.72. The average Bonchev–Trinajstić information content (AvgIpc) is 2.78. The van der Waals surface area contributed by atoms with Gasteiger partial charge in [0.2, 0.25) is 0 Å². The predicted octanol–water partition coefficient (Wildman–Crippen LogP) is 3.65. The zero-order valence-corrected chi connectivity index (χ0v) is 17.3. The summed E-state index contributed by atoms with van der Waals surface area (Å²) in [5.41, 5.74) is 4.53. The van der Waals surface area contributed by atoms with Crippen molar-refractivity contribution >= 4 is 27.3 Å². The van der Waals surface area contributed by atoms with Crippen LogP contribution < -0.4 is 14.9 Å². The van der Waals surface area contributed by atoms with E-state index >= 15 is 0 Å². The normalized spacial score (nSPS) is 11.6. The van der Waals surface area contributed by atoms with Crippen molar-refractivity contribution in [2.24, 2.45) is 5.10 Å². The van der Waals surface area contributed by atoms with Gasteiger partial charge in [-0.05, 0) is 55.0 Å². The van der Waals surface area contributed by atoms with E-state index in [0.717, 1.165) is 5.56 Å². The zero-order valence-electron chi connectivity index (χ0n) is 16.5. The Labute approximate surface area is 175 Å². The number of hydrazone groups is 1. The second-order valence-electron chi connectivity index (χ2n) is 6.37. The van der Waals surface area contributed by atoms with Crippen LogP contribution in [0.5, 0.6) is 5.75 Å². The van der Waals surface area contributed by atoms with E-state index in [1.165, 1.54) is 31.4 Å². The van der Waals surface area contributed by atoms with Crippen molar-refractivity contribution in [2.75, 3.05) is 11.8 Å². The number of hydrogen-bond donors (Lipinski definition) is 2. The van der Waals surface area contributed by atoms with Gasteiger partial charge in [-0.2, -0.15) is 5.10 Å². The summed E-state index contributed by atoms with van der Waals surface area (Å²) in [7, 11) is -2.34. The summed E-state index contributed by atoms with van der Waals surface area (Å²) in [6.07, 6.45) is 0. The van der Waals surface area contributed by atoms with Crippen molar-refractivity contribution in [3.8, 4) is 5.75 Å². The lowest BCUT2D eigenvalue weighted by molar-refractivity contribution is 0.0954. The van der Waals surface area contributed by atoms with Crippen LogP contribution in [0.1, 0.15) is 22.8 Å². The molecule has 0 atom stereocenters. The minimum absolute atomic E-state index is 0.0327. The SMILES string of the molecule is COc1ccc(NS(=O)(=O)c2cccc(C(=O)N/N=C(\C)c3ccccc3)c2)cc1. The van der Waals surface area contributed by atoms with E-state index in [9.17, 15) is 13.2 Å². The maximum absolute atomic E-state index is 12.7. The fourth-order valence-electron chi connectivity index (χ4n) is 2.62. The van der Waals surface area contributed by atoms with E-state index in [4.69, 9.17) is 4.74 Å². The summed E-state index contributed by atoms with van der Waals surface area (Å²) in [5, 5.41) is 4.09. The van der Waals surface area contributed by atoms with Gasteiger partial charge in [0.05, 0.1) is 17.7 Å². The lowest BCUT2D eigenvalue weighted by Gasteiger charge is -2.10. The first kappa shape index (κ1) is 21.1. The highest BCUT2D eigenvalue weighted by Gasteiger charge is 2.16. The van der Waals surface area contributed by atoms with E-state index < -0.39 is 15.9 Å². The molecule has 0 radical (unpaired) electrons. The van der Waals surface area contributed by atoms with Gasteiger partial charge in [0.15, 0.2) is 0 Å². The number of nitrogens with zero attached hydrogens (tertiary/aromatic N) is 1. The van der Waals surface area contributed by atoms with E-state index in [1.807, 2.05) is 30.3 Å². The lowest BCUT2D eigenvalue weighted by atomic mass is 10.1. The van der Waals surface area contributed by atoms with Crippen LogP contribution in [-0.2, 0) is 10.0 Å². The van der Waals surface area contributed by atoms with Gasteiger partial charge in [0, 0.05) is 11.3 Å². The summed E-state index contributed by atoms with van der Waals surface area (Å²) in [5.74, 6) is 0.106. The molecule has 0 heterocycles. The van der Waals surface area contributed by atoms with E-state index in [2.05, 4.69) is 15.2 Å². The Morgan fingerprint density at radius 1 is 0.900 bits per heavy atom. The highest BCUT2D eigenvalue weighted by atomic mass is 32.2. The molecule has 0 aliphatic rings. The minimum atomic E-state index is -3.87. The quantitative estimate of drug-likeness (QED) is 0.448. The molecule has 3 aromatic carbocycles. The second kappa shape index (κ2) is 9.23. The highest BCUT2D eigenvalue weighted by Crippen LogP contribution is 2.20. The number of carbonyl (C=O) groups is 1. The summed E-state index contributed by atoms with van der Waals surface area (Å²) in [4.78, 5) is 12.4. The van der Waals surface area contributed by atoms with Gasteiger partial charge in [0.1, 0.15) is 5.75 Å². The Hall–Kier alpha value is -3.65. The van der Waals surface area contributed by atoms with Crippen LogP contribution in [0.15, 0.2) is 88.9 Å². The van der Waals surface area contributed by atoms with Gasteiger partial charge in [-0.15, -0.1) is 0 Å². The Balaban J connectivity index is 1.75. The van der Waals surface area contributed by atoms with Crippen LogP contribution in [0.4, 0.5) is 5.69 Å². The average molecular weight is 423 g/mol. The molecule has 3 rings (SSSR count). The van der Waals surface area contributed by atoms with Crippen molar-refractivity contribution in [1.82, 2.24) is 5.43 Å². The van der Waals surface area contributed by atoms with Gasteiger partial charge >= 0.3 is 0 Å². The molecule has 0 bridgehead atoms. The first-order valence-corrected chi connectivity index (χ1v) is 10.5. The van der Waals surface area contributed by atoms with Crippen molar-refractivity contribution in [3.05, 3.63) is 90.0 Å². The molecule has 8 heteroatoms. The number of methoxy groups -OCH3 is 1. The van der Waals surface area contributed by atoms with Crippen molar-refractivity contribution < 1.29 is 17.9 Å². The van der Waals surface area contributed by atoms with Crippen LogP contribution in [0.2, 0.25) is 0 Å². The lowest BCUT2D eigenvalue weighted by Crippen LogP contribution is -2.20. The highest BCUT2D eigenvalue weighted by molar-refractivity contribution is 7.92. The molecule has 0 unspecified atom stereocenters. The largest absolute Gasteiger partial charge is 0.497 e. The topological polar surface area (TPSA) is 96.9 Å². The van der Waals surface area contributed by atoms with E-state index in [-0.39, 0.29) is 10.5 Å². The number of hydrogen-bond acceptors (Lipinski definition) is 5. The third-order valence-electron chi connectivity index (χ3n) is 4.27. The molecular formula is C22H21N3O4S. The van der Waals surface area contributed by atoms with Crippen molar-refractivity contribution in [3.63, 3.8) is 0 Å². The number of nitrogens with one attached hydrogen (secondary N) is 2. The smallest absolute Gasteiger partial charge is 0.271 e. The third kappa shape index (κ3) is 5.24. The Bertz CT molecular complexity index is 1160. The molecule has 154 valence electrons. The Kier molecular flexibility index (Phi) is 6.48. The fraction of sp³-hybridized carbons (Fsp3) is 0.0909. The molecule has 1 amide bonds. The number of rotatable bonds is 7. The van der Waals surface area contributed by atoms with Gasteiger partial charge in [-0.1, -0.05) is 36.4 Å². The van der Waals surface area contributed by atoms with Gasteiger partial charge in [-0.25, -0.2) is 13.8 Å². The number of anilines is 1. The molecule has 0 spiro atoms. The number of benzene rings is 3. The van der Waals surface area contributed by atoms with Gasteiger partial charge in [0.25, 0.3) is 15.9 Å². The molecule has 0 aliphatic carbocycles. The monoisotopic (exact) mass is 423 g/mol. The van der Waals surface area contributed by atoms with E-state index in [1.54, 1.807) is 31.2 Å². The molecule has 2 N–H and O–H groups in total. The first-order valence-electron chi connectivity index (χ1n) is 9.06. The molecule has 0 saturated heterocycles. The molecule has 30 heavy (non-hydrogen) atoms. The molecule has 0 saturated carbocycles. The standard InChI is InChI=1S/C22H21N3O4S/c1-16(17-7-4-3-5-8-17)23-24-22(26)18-9-6-10-21(15-18)30(27,28)25-19-11-13-20(29-2)14-12-19/h3-15,25H,1-2H3,(H,24,26)/b23-16+. The molecule has 0 aliphatic heterocycles. The predicted molar refractivity (Wildman–Crippen MR) is 116 cm³/mol. The molecule has 0 fully saturated rings. The van der Waals surface area contributed by atoms with Crippen LogP contribution in [0, 0.1) is 0 Å². The van der Waals surface area contributed by atoms with Crippen LogP contribution in [0.25, 0.3) is 0 Å². The zero-order chi connectivity index (χ0) is 21.6. The Morgan fingerprint density at radius 3 is 2.23 bits per heavy atom. The van der Waals surface area contributed by atoms with Gasteiger partial charge in [-0.3, -0.25) is 9.52 Å². The minimum Gasteiger partial charge on any atom is -0.497 e. The molecule has 7 nitrogen and oxygen atoms in total. The molecular weight excluding hydrogens is 402 g/mol. The molecule has 3 aromatic rings. The van der Waals surface area contributed by atoms with Crippen molar-refractivity contribution in [2.45, 2.75) is 11.8 Å². The number of amides is 1. The molecule has 0 aromatic heterocycles. The Morgan fingerprint density at radius 2 is 1.57 bits per heavy atom.